The highest BCUT2D eigenvalue weighted by atomic mass is 16.5. The van der Waals surface area contributed by atoms with E-state index in [1.165, 1.54) is 7.11 Å². The van der Waals surface area contributed by atoms with E-state index < -0.39 is 5.97 Å². The Labute approximate surface area is 151 Å². The number of aryl methyl sites for hydroxylation is 1. The molecule has 0 bridgehead atoms. The molecule has 0 aliphatic rings. The molecular formula is C20H19NO5. The van der Waals surface area contributed by atoms with Crippen molar-refractivity contribution in [2.75, 3.05) is 14.2 Å². The van der Waals surface area contributed by atoms with Crippen molar-refractivity contribution >= 4 is 5.97 Å². The predicted molar refractivity (Wildman–Crippen MR) is 95.3 cm³/mol. The Morgan fingerprint density at radius 3 is 2.58 bits per heavy atom. The van der Waals surface area contributed by atoms with Crippen molar-refractivity contribution in [2.24, 2.45) is 0 Å². The fourth-order valence-electron chi connectivity index (χ4n) is 2.46. The van der Waals surface area contributed by atoms with Crippen molar-refractivity contribution in [2.45, 2.75) is 13.5 Å². The molecule has 134 valence electrons. The molecular weight excluding hydrogens is 334 g/mol. The maximum absolute atomic E-state index is 11.8. The molecule has 6 nitrogen and oxygen atoms in total. The molecule has 0 aliphatic heterocycles. The van der Waals surface area contributed by atoms with Crippen molar-refractivity contribution in [1.29, 1.82) is 0 Å². The Morgan fingerprint density at radius 1 is 1.12 bits per heavy atom. The van der Waals surface area contributed by atoms with Crippen LogP contribution in [0.1, 0.15) is 21.8 Å². The minimum Gasteiger partial charge on any atom is -0.497 e. The van der Waals surface area contributed by atoms with E-state index >= 15 is 0 Å². The zero-order valence-electron chi connectivity index (χ0n) is 14.8. The number of ether oxygens (including phenoxy) is 3. The van der Waals surface area contributed by atoms with Gasteiger partial charge >= 0.3 is 5.97 Å². The second kappa shape index (κ2) is 7.74. The van der Waals surface area contributed by atoms with Crippen molar-refractivity contribution in [3.05, 3.63) is 65.5 Å². The lowest BCUT2D eigenvalue weighted by Gasteiger charge is -2.11. The molecule has 3 rings (SSSR count). The number of aromatic nitrogens is 1. The normalized spacial score (nSPS) is 10.4. The third-order valence-electron chi connectivity index (χ3n) is 3.83. The first kappa shape index (κ1) is 17.5. The SMILES string of the molecule is COC(=O)c1nc(-c2cc(OC)ccc2OCc2ccccc2)oc1C. The lowest BCUT2D eigenvalue weighted by Crippen LogP contribution is -2.03. The van der Waals surface area contributed by atoms with Crippen LogP contribution in [0.4, 0.5) is 0 Å². The Hall–Kier alpha value is -3.28. The average molecular weight is 353 g/mol. The third kappa shape index (κ3) is 3.69. The topological polar surface area (TPSA) is 70.8 Å². The number of oxazole rings is 1. The monoisotopic (exact) mass is 353 g/mol. The first-order valence-corrected chi connectivity index (χ1v) is 8.03. The lowest BCUT2D eigenvalue weighted by atomic mass is 10.2. The van der Waals surface area contributed by atoms with Gasteiger partial charge in [0.25, 0.3) is 0 Å². The molecule has 0 spiro atoms. The van der Waals surface area contributed by atoms with Gasteiger partial charge in [0.15, 0.2) is 5.69 Å². The van der Waals surface area contributed by atoms with E-state index in [9.17, 15) is 4.79 Å². The summed E-state index contributed by atoms with van der Waals surface area (Å²) in [5, 5.41) is 0. The minimum absolute atomic E-state index is 0.138. The molecule has 0 atom stereocenters. The van der Waals surface area contributed by atoms with Gasteiger partial charge in [0.05, 0.1) is 19.8 Å². The number of carbonyl (C=O) groups is 1. The number of hydrogen-bond acceptors (Lipinski definition) is 6. The molecule has 0 aliphatic carbocycles. The molecule has 1 heterocycles. The van der Waals surface area contributed by atoms with Gasteiger partial charge in [0.2, 0.25) is 5.89 Å². The second-order valence-corrected chi connectivity index (χ2v) is 5.55. The first-order valence-electron chi connectivity index (χ1n) is 8.03. The standard InChI is InChI=1S/C20H19NO5/c1-13-18(20(22)24-3)21-19(26-13)16-11-15(23-2)9-10-17(16)25-12-14-7-5-4-6-8-14/h4-11H,12H2,1-3H3. The molecule has 0 N–H and O–H groups in total. The van der Waals surface area contributed by atoms with Gasteiger partial charge in [0.1, 0.15) is 23.9 Å². The van der Waals surface area contributed by atoms with Gasteiger partial charge in [-0.3, -0.25) is 0 Å². The van der Waals surface area contributed by atoms with E-state index in [0.717, 1.165) is 5.56 Å². The van der Waals surface area contributed by atoms with E-state index in [1.54, 1.807) is 32.2 Å². The van der Waals surface area contributed by atoms with Crippen LogP contribution in [0.25, 0.3) is 11.5 Å². The van der Waals surface area contributed by atoms with Crippen LogP contribution in [0.2, 0.25) is 0 Å². The van der Waals surface area contributed by atoms with Crippen LogP contribution in [0.5, 0.6) is 11.5 Å². The van der Waals surface area contributed by atoms with E-state index in [0.29, 0.717) is 29.4 Å². The molecule has 1 aromatic heterocycles. The number of benzene rings is 2. The number of nitrogens with zero attached hydrogens (tertiary/aromatic N) is 1. The van der Waals surface area contributed by atoms with Gasteiger partial charge in [-0.15, -0.1) is 0 Å². The summed E-state index contributed by atoms with van der Waals surface area (Å²) in [6, 6.07) is 15.2. The van der Waals surface area contributed by atoms with Crippen LogP contribution >= 0.6 is 0 Å². The smallest absolute Gasteiger partial charge is 0.360 e. The van der Waals surface area contributed by atoms with Gasteiger partial charge in [-0.25, -0.2) is 9.78 Å². The highest BCUT2D eigenvalue weighted by Gasteiger charge is 2.21. The molecule has 0 fully saturated rings. The summed E-state index contributed by atoms with van der Waals surface area (Å²) in [4.78, 5) is 16.1. The molecule has 2 aromatic carbocycles. The second-order valence-electron chi connectivity index (χ2n) is 5.55. The Balaban J connectivity index is 1.95. The van der Waals surface area contributed by atoms with Gasteiger partial charge in [-0.2, -0.15) is 0 Å². The van der Waals surface area contributed by atoms with E-state index in [4.69, 9.17) is 18.6 Å². The lowest BCUT2D eigenvalue weighted by molar-refractivity contribution is 0.0593. The summed E-state index contributed by atoms with van der Waals surface area (Å²) in [6.07, 6.45) is 0. The van der Waals surface area contributed by atoms with Crippen LogP contribution in [0.15, 0.2) is 52.9 Å². The summed E-state index contributed by atoms with van der Waals surface area (Å²) in [6.45, 7) is 2.05. The zero-order chi connectivity index (χ0) is 18.5. The molecule has 3 aromatic rings. The Kier molecular flexibility index (Phi) is 5.22. The van der Waals surface area contributed by atoms with E-state index in [2.05, 4.69) is 4.98 Å². The molecule has 0 saturated carbocycles. The van der Waals surface area contributed by atoms with Crippen LogP contribution in [-0.2, 0) is 11.3 Å². The summed E-state index contributed by atoms with van der Waals surface area (Å²) in [5.41, 5.74) is 1.77. The van der Waals surface area contributed by atoms with Crippen LogP contribution in [0.3, 0.4) is 0 Å². The highest BCUT2D eigenvalue weighted by Crippen LogP contribution is 2.34. The summed E-state index contributed by atoms with van der Waals surface area (Å²) < 4.78 is 21.6. The fraction of sp³-hybridized carbons (Fsp3) is 0.200. The van der Waals surface area contributed by atoms with Crippen molar-refractivity contribution in [1.82, 2.24) is 4.98 Å². The Bertz CT molecular complexity index is 902. The molecule has 0 unspecified atom stereocenters. The van der Waals surface area contributed by atoms with Gasteiger partial charge in [-0.05, 0) is 30.7 Å². The number of rotatable bonds is 6. The number of methoxy groups -OCH3 is 2. The van der Waals surface area contributed by atoms with Gasteiger partial charge in [-0.1, -0.05) is 30.3 Å². The quantitative estimate of drug-likeness (QED) is 0.623. The minimum atomic E-state index is -0.549. The maximum Gasteiger partial charge on any atom is 0.360 e. The van der Waals surface area contributed by atoms with E-state index in [1.807, 2.05) is 30.3 Å². The Morgan fingerprint density at radius 2 is 1.88 bits per heavy atom. The summed E-state index contributed by atoms with van der Waals surface area (Å²) >= 11 is 0. The zero-order valence-corrected chi connectivity index (χ0v) is 14.8. The predicted octanol–water partition coefficient (Wildman–Crippen LogP) is 4.02. The maximum atomic E-state index is 11.8. The highest BCUT2D eigenvalue weighted by molar-refractivity contribution is 5.89. The van der Waals surface area contributed by atoms with E-state index in [-0.39, 0.29) is 11.6 Å². The van der Waals surface area contributed by atoms with Crippen LogP contribution < -0.4 is 9.47 Å². The molecule has 6 heteroatoms. The summed E-state index contributed by atoms with van der Waals surface area (Å²) in [7, 11) is 2.88. The molecule has 0 amide bonds. The van der Waals surface area contributed by atoms with Crippen molar-refractivity contribution < 1.29 is 23.4 Å². The molecule has 26 heavy (non-hydrogen) atoms. The van der Waals surface area contributed by atoms with Crippen LogP contribution in [-0.4, -0.2) is 25.2 Å². The number of carbonyl (C=O) groups excluding carboxylic acids is 1. The number of esters is 1. The molecule has 0 radical (unpaired) electrons. The van der Waals surface area contributed by atoms with Crippen molar-refractivity contribution in [3.8, 4) is 23.0 Å². The largest absolute Gasteiger partial charge is 0.497 e. The first-order chi connectivity index (χ1) is 12.6. The average Bonchev–Trinajstić information content (AvgIpc) is 3.08. The number of hydrogen-bond donors (Lipinski definition) is 0. The van der Waals surface area contributed by atoms with Crippen molar-refractivity contribution in [3.63, 3.8) is 0 Å². The third-order valence-corrected chi connectivity index (χ3v) is 3.83. The molecule has 0 saturated heterocycles. The summed E-state index contributed by atoms with van der Waals surface area (Å²) in [5.74, 6) is 1.30. The van der Waals surface area contributed by atoms with Crippen LogP contribution in [0, 0.1) is 6.92 Å². The fourth-order valence-corrected chi connectivity index (χ4v) is 2.46. The van der Waals surface area contributed by atoms with Gasteiger partial charge < -0.3 is 18.6 Å². The van der Waals surface area contributed by atoms with Gasteiger partial charge in [0, 0.05) is 0 Å².